The molecule has 0 saturated heterocycles. The zero-order valence-electron chi connectivity index (χ0n) is 7.34. The standard InChI is InChI=1S/C11H10BrN/c1-7-5-6-8-3-2-4-9(13)10(8)11(7)12/h2-6H,13H2,1H3. The fourth-order valence-electron chi connectivity index (χ4n) is 1.47. The van der Waals surface area contributed by atoms with E-state index in [-0.39, 0.29) is 0 Å². The summed E-state index contributed by atoms with van der Waals surface area (Å²) in [6.45, 7) is 2.07. The van der Waals surface area contributed by atoms with Gasteiger partial charge >= 0.3 is 0 Å². The largest absolute Gasteiger partial charge is 0.398 e. The maximum Gasteiger partial charge on any atom is 0.0405 e. The quantitative estimate of drug-likeness (QED) is 0.696. The van der Waals surface area contributed by atoms with Crippen molar-refractivity contribution < 1.29 is 0 Å². The Morgan fingerprint density at radius 1 is 1.15 bits per heavy atom. The van der Waals surface area contributed by atoms with E-state index in [1.54, 1.807) is 0 Å². The first kappa shape index (κ1) is 8.57. The summed E-state index contributed by atoms with van der Waals surface area (Å²) < 4.78 is 1.10. The molecule has 2 aromatic carbocycles. The smallest absolute Gasteiger partial charge is 0.0405 e. The van der Waals surface area contributed by atoms with Crippen LogP contribution in [0.5, 0.6) is 0 Å². The maximum absolute atomic E-state index is 5.90. The third-order valence-corrected chi connectivity index (χ3v) is 3.23. The number of aryl methyl sites for hydroxylation is 1. The van der Waals surface area contributed by atoms with Crippen LogP contribution in [-0.2, 0) is 0 Å². The number of hydrogen-bond acceptors (Lipinski definition) is 1. The van der Waals surface area contributed by atoms with Gasteiger partial charge in [-0.05, 0) is 39.9 Å². The van der Waals surface area contributed by atoms with Gasteiger partial charge in [-0.1, -0.05) is 24.3 Å². The van der Waals surface area contributed by atoms with E-state index in [0.29, 0.717) is 0 Å². The molecule has 2 N–H and O–H groups in total. The maximum atomic E-state index is 5.90. The molecule has 0 atom stereocenters. The fourth-order valence-corrected chi connectivity index (χ4v) is 2.06. The Morgan fingerprint density at radius 3 is 2.69 bits per heavy atom. The van der Waals surface area contributed by atoms with Gasteiger partial charge in [-0.2, -0.15) is 0 Å². The molecule has 0 unspecified atom stereocenters. The molecule has 2 rings (SSSR count). The van der Waals surface area contributed by atoms with Gasteiger partial charge in [-0.15, -0.1) is 0 Å². The van der Waals surface area contributed by atoms with Gasteiger partial charge in [0, 0.05) is 15.5 Å². The molecular formula is C11H10BrN. The highest BCUT2D eigenvalue weighted by Gasteiger charge is 2.03. The first-order valence-corrected chi connectivity index (χ1v) is 4.93. The second-order valence-electron chi connectivity index (χ2n) is 3.14. The van der Waals surface area contributed by atoms with Crippen LogP contribution in [0.2, 0.25) is 0 Å². The van der Waals surface area contributed by atoms with Gasteiger partial charge in [-0.25, -0.2) is 0 Å². The molecule has 0 heterocycles. The molecule has 66 valence electrons. The SMILES string of the molecule is Cc1ccc2cccc(N)c2c1Br. The van der Waals surface area contributed by atoms with Crippen LogP contribution in [0.4, 0.5) is 5.69 Å². The van der Waals surface area contributed by atoms with Crippen molar-refractivity contribution in [3.63, 3.8) is 0 Å². The number of hydrogen-bond donors (Lipinski definition) is 1. The molecule has 0 aliphatic heterocycles. The topological polar surface area (TPSA) is 26.0 Å². The zero-order valence-corrected chi connectivity index (χ0v) is 8.93. The van der Waals surface area contributed by atoms with Crippen molar-refractivity contribution in [3.8, 4) is 0 Å². The highest BCUT2D eigenvalue weighted by molar-refractivity contribution is 9.10. The van der Waals surface area contributed by atoms with Gasteiger partial charge in [-0.3, -0.25) is 0 Å². The highest BCUT2D eigenvalue weighted by Crippen LogP contribution is 2.31. The predicted octanol–water partition coefficient (Wildman–Crippen LogP) is 3.49. The molecule has 13 heavy (non-hydrogen) atoms. The monoisotopic (exact) mass is 235 g/mol. The minimum absolute atomic E-state index is 0.827. The van der Waals surface area contributed by atoms with Gasteiger partial charge in [0.15, 0.2) is 0 Å². The summed E-state index contributed by atoms with van der Waals surface area (Å²) in [4.78, 5) is 0. The van der Waals surface area contributed by atoms with Gasteiger partial charge in [0.05, 0.1) is 0 Å². The van der Waals surface area contributed by atoms with Crippen molar-refractivity contribution in [1.29, 1.82) is 0 Å². The molecule has 0 aliphatic carbocycles. The van der Waals surface area contributed by atoms with Gasteiger partial charge in [0.2, 0.25) is 0 Å². The van der Waals surface area contributed by atoms with E-state index in [9.17, 15) is 0 Å². The Hall–Kier alpha value is -1.02. The molecule has 0 aromatic heterocycles. The van der Waals surface area contributed by atoms with E-state index in [1.165, 1.54) is 10.9 Å². The Bertz CT molecular complexity index is 463. The Balaban J connectivity index is 2.97. The molecule has 2 heteroatoms. The minimum atomic E-state index is 0.827. The summed E-state index contributed by atoms with van der Waals surface area (Å²) >= 11 is 3.55. The average Bonchev–Trinajstić information content (AvgIpc) is 2.12. The first-order valence-electron chi connectivity index (χ1n) is 4.13. The van der Waals surface area contributed by atoms with E-state index < -0.39 is 0 Å². The summed E-state index contributed by atoms with van der Waals surface area (Å²) in [5, 5.41) is 2.29. The molecule has 0 radical (unpaired) electrons. The van der Waals surface area contributed by atoms with Crippen molar-refractivity contribution >= 4 is 32.4 Å². The van der Waals surface area contributed by atoms with Crippen LogP contribution in [0.3, 0.4) is 0 Å². The lowest BCUT2D eigenvalue weighted by Crippen LogP contribution is -1.88. The second kappa shape index (κ2) is 3.04. The van der Waals surface area contributed by atoms with Gasteiger partial charge in [0.1, 0.15) is 0 Å². The number of rotatable bonds is 0. The third kappa shape index (κ3) is 1.31. The molecular weight excluding hydrogens is 226 g/mol. The van der Waals surface area contributed by atoms with E-state index in [1.807, 2.05) is 12.1 Å². The van der Waals surface area contributed by atoms with Crippen LogP contribution in [-0.4, -0.2) is 0 Å². The summed E-state index contributed by atoms with van der Waals surface area (Å²) in [6, 6.07) is 10.1. The Morgan fingerprint density at radius 2 is 1.92 bits per heavy atom. The second-order valence-corrected chi connectivity index (χ2v) is 3.93. The Labute approximate surface area is 85.7 Å². The molecule has 0 fully saturated rings. The third-order valence-electron chi connectivity index (χ3n) is 2.21. The van der Waals surface area contributed by atoms with Gasteiger partial charge < -0.3 is 5.73 Å². The number of anilines is 1. The predicted molar refractivity (Wildman–Crippen MR) is 60.8 cm³/mol. The summed E-state index contributed by atoms with van der Waals surface area (Å²) in [5.41, 5.74) is 7.94. The van der Waals surface area contributed by atoms with Crippen LogP contribution in [0, 0.1) is 6.92 Å². The van der Waals surface area contributed by atoms with Crippen LogP contribution in [0.15, 0.2) is 34.8 Å². The van der Waals surface area contributed by atoms with Crippen molar-refractivity contribution in [2.24, 2.45) is 0 Å². The summed E-state index contributed by atoms with van der Waals surface area (Å²) in [5.74, 6) is 0. The van der Waals surface area contributed by atoms with Crippen molar-refractivity contribution in [1.82, 2.24) is 0 Å². The van der Waals surface area contributed by atoms with Crippen molar-refractivity contribution in [2.45, 2.75) is 6.92 Å². The molecule has 0 spiro atoms. The molecule has 0 aliphatic rings. The van der Waals surface area contributed by atoms with Crippen LogP contribution >= 0.6 is 15.9 Å². The van der Waals surface area contributed by atoms with Crippen molar-refractivity contribution in [3.05, 3.63) is 40.4 Å². The molecule has 0 bridgehead atoms. The number of halogens is 1. The van der Waals surface area contributed by atoms with Crippen LogP contribution in [0.1, 0.15) is 5.56 Å². The minimum Gasteiger partial charge on any atom is -0.398 e. The molecule has 2 aromatic rings. The lowest BCUT2D eigenvalue weighted by molar-refractivity contribution is 1.47. The van der Waals surface area contributed by atoms with E-state index >= 15 is 0 Å². The number of nitrogens with two attached hydrogens (primary N) is 1. The van der Waals surface area contributed by atoms with E-state index in [4.69, 9.17) is 5.73 Å². The summed E-state index contributed by atoms with van der Waals surface area (Å²) in [7, 11) is 0. The van der Waals surface area contributed by atoms with E-state index in [2.05, 4.69) is 41.1 Å². The van der Waals surface area contributed by atoms with Gasteiger partial charge in [0.25, 0.3) is 0 Å². The normalized spacial score (nSPS) is 10.6. The molecule has 0 saturated carbocycles. The van der Waals surface area contributed by atoms with Crippen LogP contribution < -0.4 is 5.73 Å². The number of nitrogen functional groups attached to an aromatic ring is 1. The zero-order chi connectivity index (χ0) is 9.42. The average molecular weight is 236 g/mol. The molecule has 0 amide bonds. The van der Waals surface area contributed by atoms with E-state index in [0.717, 1.165) is 15.5 Å². The first-order chi connectivity index (χ1) is 6.20. The Kier molecular flexibility index (Phi) is 2.00. The highest BCUT2D eigenvalue weighted by atomic mass is 79.9. The molecule has 1 nitrogen and oxygen atoms in total. The fraction of sp³-hybridized carbons (Fsp3) is 0.0909. The summed E-state index contributed by atoms with van der Waals surface area (Å²) in [6.07, 6.45) is 0. The van der Waals surface area contributed by atoms with Crippen LogP contribution in [0.25, 0.3) is 10.8 Å². The lowest BCUT2D eigenvalue weighted by Gasteiger charge is -2.06. The lowest BCUT2D eigenvalue weighted by atomic mass is 10.1. The number of fused-ring (bicyclic) bond motifs is 1. The number of benzene rings is 2. The van der Waals surface area contributed by atoms with Crippen molar-refractivity contribution in [2.75, 3.05) is 5.73 Å².